The zero-order valence-electron chi connectivity index (χ0n) is 11.0. The molecule has 0 fully saturated rings. The van der Waals surface area contributed by atoms with Crippen molar-refractivity contribution < 1.29 is 9.84 Å². The zero-order valence-corrected chi connectivity index (χ0v) is 11.0. The molecule has 0 aliphatic carbocycles. The number of hydrogen-bond donors (Lipinski definition) is 1. The molecule has 0 aromatic heterocycles. The second-order valence-electron chi connectivity index (χ2n) is 4.61. The van der Waals surface area contributed by atoms with Gasteiger partial charge in [0.2, 0.25) is 0 Å². The lowest BCUT2D eigenvalue weighted by Crippen LogP contribution is -1.91. The van der Waals surface area contributed by atoms with E-state index >= 15 is 0 Å². The number of ether oxygens (including phenoxy) is 1. The van der Waals surface area contributed by atoms with Crippen LogP contribution in [0.25, 0.3) is 0 Å². The van der Waals surface area contributed by atoms with E-state index in [0.717, 1.165) is 22.6 Å². The molecule has 1 N–H and O–H groups in total. The fourth-order valence-electron chi connectivity index (χ4n) is 1.83. The summed E-state index contributed by atoms with van der Waals surface area (Å²) in [6.45, 7) is 6.20. The summed E-state index contributed by atoms with van der Waals surface area (Å²) in [4.78, 5) is 0. The Kier molecular flexibility index (Phi) is 3.68. The Bertz CT molecular complexity index is 559. The number of aliphatic hydroxyl groups is 1. The molecule has 0 bridgehead atoms. The third kappa shape index (κ3) is 2.71. The van der Waals surface area contributed by atoms with Crippen LogP contribution in [0, 0.1) is 20.8 Å². The van der Waals surface area contributed by atoms with Gasteiger partial charge in [-0.2, -0.15) is 0 Å². The maximum atomic E-state index is 9.07. The van der Waals surface area contributed by atoms with E-state index in [-0.39, 0.29) is 6.61 Å². The fraction of sp³-hybridized carbons (Fsp3) is 0.250. The largest absolute Gasteiger partial charge is 0.457 e. The zero-order chi connectivity index (χ0) is 13.1. The van der Waals surface area contributed by atoms with Gasteiger partial charge in [-0.05, 0) is 61.2 Å². The average Bonchev–Trinajstić information content (AvgIpc) is 2.36. The van der Waals surface area contributed by atoms with E-state index in [0.29, 0.717) is 0 Å². The standard InChI is InChI=1S/C16H18O2/c1-11-4-6-15(9-12(11)2)18-16-7-5-14(10-17)8-13(16)3/h4-9,17H,10H2,1-3H3. The molecule has 0 radical (unpaired) electrons. The van der Waals surface area contributed by atoms with E-state index in [1.165, 1.54) is 11.1 Å². The van der Waals surface area contributed by atoms with Crippen molar-refractivity contribution in [1.29, 1.82) is 0 Å². The smallest absolute Gasteiger partial charge is 0.130 e. The van der Waals surface area contributed by atoms with E-state index in [1.54, 1.807) is 0 Å². The molecule has 2 aromatic rings. The summed E-state index contributed by atoms with van der Waals surface area (Å²) in [5.74, 6) is 1.67. The lowest BCUT2D eigenvalue weighted by atomic mass is 10.1. The summed E-state index contributed by atoms with van der Waals surface area (Å²) in [5, 5.41) is 9.07. The fourth-order valence-corrected chi connectivity index (χ4v) is 1.83. The molecule has 18 heavy (non-hydrogen) atoms. The lowest BCUT2D eigenvalue weighted by molar-refractivity contribution is 0.281. The number of aryl methyl sites for hydroxylation is 3. The van der Waals surface area contributed by atoms with Crippen molar-refractivity contribution in [2.45, 2.75) is 27.4 Å². The maximum absolute atomic E-state index is 9.07. The van der Waals surface area contributed by atoms with Gasteiger partial charge in [0.25, 0.3) is 0 Å². The molecule has 94 valence electrons. The second kappa shape index (κ2) is 5.23. The second-order valence-corrected chi connectivity index (χ2v) is 4.61. The van der Waals surface area contributed by atoms with Crippen molar-refractivity contribution in [3.63, 3.8) is 0 Å². The van der Waals surface area contributed by atoms with Crippen LogP contribution < -0.4 is 4.74 Å². The van der Waals surface area contributed by atoms with Crippen molar-refractivity contribution in [1.82, 2.24) is 0 Å². The van der Waals surface area contributed by atoms with Crippen molar-refractivity contribution in [2.24, 2.45) is 0 Å². The number of rotatable bonds is 3. The summed E-state index contributed by atoms with van der Waals surface area (Å²) >= 11 is 0. The van der Waals surface area contributed by atoms with Crippen molar-refractivity contribution in [2.75, 3.05) is 0 Å². The molecule has 0 atom stereocenters. The molecule has 0 aliphatic heterocycles. The van der Waals surface area contributed by atoms with Gasteiger partial charge in [0, 0.05) is 0 Å². The highest BCUT2D eigenvalue weighted by molar-refractivity contribution is 5.41. The van der Waals surface area contributed by atoms with Crippen LogP contribution in [0.2, 0.25) is 0 Å². The van der Waals surface area contributed by atoms with Gasteiger partial charge >= 0.3 is 0 Å². The Balaban J connectivity index is 2.25. The molecule has 0 saturated heterocycles. The van der Waals surface area contributed by atoms with E-state index < -0.39 is 0 Å². The van der Waals surface area contributed by atoms with E-state index in [2.05, 4.69) is 19.9 Å². The third-order valence-corrected chi connectivity index (χ3v) is 3.13. The molecular formula is C16H18O2. The summed E-state index contributed by atoms with van der Waals surface area (Å²) in [5.41, 5.74) is 4.41. The normalized spacial score (nSPS) is 10.4. The Morgan fingerprint density at radius 1 is 0.889 bits per heavy atom. The summed E-state index contributed by atoms with van der Waals surface area (Å²) < 4.78 is 5.86. The van der Waals surface area contributed by atoms with Crippen LogP contribution in [0.3, 0.4) is 0 Å². The molecule has 2 aromatic carbocycles. The molecule has 0 amide bonds. The van der Waals surface area contributed by atoms with Crippen LogP contribution in [0.4, 0.5) is 0 Å². The highest BCUT2D eigenvalue weighted by Crippen LogP contribution is 2.27. The number of benzene rings is 2. The Labute approximate surface area is 108 Å². The van der Waals surface area contributed by atoms with Crippen molar-refractivity contribution in [3.8, 4) is 11.5 Å². The number of aliphatic hydroxyl groups excluding tert-OH is 1. The minimum absolute atomic E-state index is 0.0603. The Hall–Kier alpha value is -1.80. The van der Waals surface area contributed by atoms with Crippen molar-refractivity contribution >= 4 is 0 Å². The van der Waals surface area contributed by atoms with Gasteiger partial charge in [0.05, 0.1) is 6.61 Å². The quantitative estimate of drug-likeness (QED) is 0.884. The molecule has 0 saturated carbocycles. The van der Waals surface area contributed by atoms with Crippen LogP contribution in [0.1, 0.15) is 22.3 Å². The predicted molar refractivity (Wildman–Crippen MR) is 73.1 cm³/mol. The van der Waals surface area contributed by atoms with Crippen LogP contribution >= 0.6 is 0 Å². The SMILES string of the molecule is Cc1ccc(Oc2ccc(CO)cc2C)cc1C. The molecule has 0 spiro atoms. The van der Waals surface area contributed by atoms with E-state index in [4.69, 9.17) is 9.84 Å². The minimum atomic E-state index is 0.0603. The van der Waals surface area contributed by atoms with Gasteiger partial charge in [-0.15, -0.1) is 0 Å². The molecule has 0 aliphatic rings. The van der Waals surface area contributed by atoms with Crippen LogP contribution in [0.5, 0.6) is 11.5 Å². The highest BCUT2D eigenvalue weighted by atomic mass is 16.5. The maximum Gasteiger partial charge on any atom is 0.130 e. The van der Waals surface area contributed by atoms with Crippen LogP contribution in [-0.4, -0.2) is 5.11 Å². The number of hydrogen-bond acceptors (Lipinski definition) is 2. The van der Waals surface area contributed by atoms with Gasteiger partial charge in [-0.1, -0.05) is 18.2 Å². The predicted octanol–water partition coefficient (Wildman–Crippen LogP) is 3.90. The minimum Gasteiger partial charge on any atom is -0.457 e. The van der Waals surface area contributed by atoms with Crippen LogP contribution in [0.15, 0.2) is 36.4 Å². The van der Waals surface area contributed by atoms with Gasteiger partial charge in [-0.3, -0.25) is 0 Å². The van der Waals surface area contributed by atoms with E-state index in [9.17, 15) is 0 Å². The first kappa shape index (κ1) is 12.7. The van der Waals surface area contributed by atoms with Gasteiger partial charge < -0.3 is 9.84 Å². The summed E-state index contributed by atoms with van der Waals surface area (Å²) in [6.07, 6.45) is 0. The van der Waals surface area contributed by atoms with Gasteiger partial charge in [-0.25, -0.2) is 0 Å². The summed E-state index contributed by atoms with van der Waals surface area (Å²) in [7, 11) is 0. The topological polar surface area (TPSA) is 29.5 Å². The molecule has 2 nitrogen and oxygen atoms in total. The van der Waals surface area contributed by atoms with Crippen LogP contribution in [-0.2, 0) is 6.61 Å². The Morgan fingerprint density at radius 2 is 1.67 bits per heavy atom. The van der Waals surface area contributed by atoms with E-state index in [1.807, 2.05) is 37.3 Å². The monoisotopic (exact) mass is 242 g/mol. The Morgan fingerprint density at radius 3 is 2.28 bits per heavy atom. The van der Waals surface area contributed by atoms with Crippen molar-refractivity contribution in [3.05, 3.63) is 58.7 Å². The molecule has 0 unspecified atom stereocenters. The van der Waals surface area contributed by atoms with Gasteiger partial charge in [0.15, 0.2) is 0 Å². The molecule has 2 heteroatoms. The van der Waals surface area contributed by atoms with Gasteiger partial charge in [0.1, 0.15) is 11.5 Å². The first-order chi connectivity index (χ1) is 8.60. The molecule has 0 heterocycles. The molecular weight excluding hydrogens is 224 g/mol. The lowest BCUT2D eigenvalue weighted by Gasteiger charge is -2.11. The first-order valence-corrected chi connectivity index (χ1v) is 6.05. The highest BCUT2D eigenvalue weighted by Gasteiger charge is 2.03. The first-order valence-electron chi connectivity index (χ1n) is 6.05. The summed E-state index contributed by atoms with van der Waals surface area (Å²) in [6, 6.07) is 11.8. The average molecular weight is 242 g/mol. The third-order valence-electron chi connectivity index (χ3n) is 3.13. The molecule has 2 rings (SSSR count).